The van der Waals surface area contributed by atoms with Gasteiger partial charge in [-0.05, 0) is 38.0 Å². The smallest absolute Gasteiger partial charge is 0.220 e. The summed E-state index contributed by atoms with van der Waals surface area (Å²) in [5.41, 5.74) is 11.7. The fourth-order valence-corrected chi connectivity index (χ4v) is 2.69. The molecule has 23 heavy (non-hydrogen) atoms. The molecule has 5 nitrogen and oxygen atoms in total. The van der Waals surface area contributed by atoms with Crippen LogP contribution in [0.15, 0.2) is 30.6 Å². The average Bonchev–Trinajstić information content (AvgIpc) is 2.58. The molecule has 0 saturated heterocycles. The third-order valence-corrected chi connectivity index (χ3v) is 3.86. The van der Waals surface area contributed by atoms with Crippen LogP contribution in [0.3, 0.4) is 0 Å². The summed E-state index contributed by atoms with van der Waals surface area (Å²) in [6, 6.07) is 4.04. The Bertz CT molecular complexity index is 741. The zero-order chi connectivity index (χ0) is 16.2. The van der Waals surface area contributed by atoms with E-state index in [0.717, 1.165) is 35.4 Å². The molecular weight excluding hydrogens is 290 g/mol. The van der Waals surface area contributed by atoms with Gasteiger partial charge in [-0.25, -0.2) is 4.98 Å². The second-order valence-corrected chi connectivity index (χ2v) is 5.47. The molecule has 0 amide bonds. The molecule has 3 rings (SSSR count). The predicted octanol–water partition coefficient (Wildman–Crippen LogP) is 3.24. The lowest BCUT2D eigenvalue weighted by Crippen LogP contribution is -2.07. The first kappa shape index (κ1) is 15.5. The number of anilines is 1. The van der Waals surface area contributed by atoms with E-state index in [1.54, 1.807) is 6.20 Å². The Morgan fingerprint density at radius 2 is 2.09 bits per heavy atom. The van der Waals surface area contributed by atoms with Crippen LogP contribution in [-0.2, 0) is 4.74 Å². The number of aromatic nitrogens is 2. The number of hydrogen-bond acceptors (Lipinski definition) is 5. The minimum Gasteiger partial charge on any atom is -0.478 e. The van der Waals surface area contributed by atoms with E-state index in [-0.39, 0.29) is 0 Å². The molecule has 0 atom stereocenters. The van der Waals surface area contributed by atoms with Crippen molar-refractivity contribution in [1.29, 1.82) is 0 Å². The third kappa shape index (κ3) is 3.35. The van der Waals surface area contributed by atoms with Crippen LogP contribution >= 0.6 is 0 Å². The summed E-state index contributed by atoms with van der Waals surface area (Å²) >= 11 is 0. The first-order chi connectivity index (χ1) is 11.2. The van der Waals surface area contributed by atoms with Crippen molar-refractivity contribution < 1.29 is 9.47 Å². The Kier molecular flexibility index (Phi) is 4.57. The van der Waals surface area contributed by atoms with Crippen molar-refractivity contribution in [2.75, 3.05) is 25.6 Å². The molecule has 0 saturated carbocycles. The van der Waals surface area contributed by atoms with Crippen LogP contribution < -0.4 is 10.5 Å². The summed E-state index contributed by atoms with van der Waals surface area (Å²) in [6.07, 6.45) is 6.44. The average molecular weight is 311 g/mol. The summed E-state index contributed by atoms with van der Waals surface area (Å²) in [7, 11) is 0. The first-order valence-electron chi connectivity index (χ1n) is 7.81. The summed E-state index contributed by atoms with van der Waals surface area (Å²) in [6.45, 7) is 5.87. The molecule has 1 aliphatic rings. The topological polar surface area (TPSA) is 70.3 Å². The highest BCUT2D eigenvalue weighted by Crippen LogP contribution is 2.33. The molecule has 0 radical (unpaired) electrons. The van der Waals surface area contributed by atoms with Crippen molar-refractivity contribution in [3.8, 4) is 17.0 Å². The van der Waals surface area contributed by atoms with Crippen molar-refractivity contribution in [2.24, 2.45) is 0 Å². The number of aryl methyl sites for hydroxylation is 1. The second-order valence-electron chi connectivity index (χ2n) is 5.47. The van der Waals surface area contributed by atoms with Gasteiger partial charge in [-0.3, -0.25) is 4.98 Å². The van der Waals surface area contributed by atoms with E-state index in [0.29, 0.717) is 24.8 Å². The maximum Gasteiger partial charge on any atom is 0.220 e. The predicted molar refractivity (Wildman–Crippen MR) is 91.2 cm³/mol. The van der Waals surface area contributed by atoms with Gasteiger partial charge < -0.3 is 15.2 Å². The number of nitrogen functional groups attached to an aromatic ring is 1. The van der Waals surface area contributed by atoms with Gasteiger partial charge in [0.2, 0.25) is 5.88 Å². The van der Waals surface area contributed by atoms with Crippen LogP contribution in [-0.4, -0.2) is 29.8 Å². The van der Waals surface area contributed by atoms with Crippen LogP contribution in [0.2, 0.25) is 0 Å². The summed E-state index contributed by atoms with van der Waals surface area (Å²) < 4.78 is 11.1. The van der Waals surface area contributed by atoms with Gasteiger partial charge in [0.1, 0.15) is 0 Å². The molecule has 0 aromatic carbocycles. The Morgan fingerprint density at radius 3 is 2.83 bits per heavy atom. The summed E-state index contributed by atoms with van der Waals surface area (Å²) in [5, 5.41) is 0. The van der Waals surface area contributed by atoms with Gasteiger partial charge in [-0.15, -0.1) is 0 Å². The highest BCUT2D eigenvalue weighted by atomic mass is 16.5. The van der Waals surface area contributed by atoms with E-state index in [1.165, 1.54) is 5.57 Å². The SMILES string of the molecule is CCOc1ncc(-c2cc(N)cnc2C)cc1C1=CCOCC1. The molecule has 120 valence electrons. The molecule has 3 heterocycles. The summed E-state index contributed by atoms with van der Waals surface area (Å²) in [4.78, 5) is 8.86. The number of ether oxygens (including phenoxy) is 2. The van der Waals surface area contributed by atoms with Gasteiger partial charge in [0.15, 0.2) is 0 Å². The molecule has 0 unspecified atom stereocenters. The van der Waals surface area contributed by atoms with Crippen molar-refractivity contribution in [1.82, 2.24) is 9.97 Å². The van der Waals surface area contributed by atoms with Gasteiger partial charge in [-0.1, -0.05) is 6.08 Å². The molecule has 5 heteroatoms. The monoisotopic (exact) mass is 311 g/mol. The largest absolute Gasteiger partial charge is 0.478 e. The number of rotatable bonds is 4. The first-order valence-corrected chi connectivity index (χ1v) is 7.81. The van der Waals surface area contributed by atoms with Gasteiger partial charge in [0.25, 0.3) is 0 Å². The Labute approximate surface area is 136 Å². The third-order valence-electron chi connectivity index (χ3n) is 3.86. The Hall–Kier alpha value is -2.40. The zero-order valence-electron chi connectivity index (χ0n) is 13.5. The van der Waals surface area contributed by atoms with E-state index in [9.17, 15) is 0 Å². The number of nitrogens with zero attached hydrogens (tertiary/aromatic N) is 2. The molecule has 0 bridgehead atoms. The van der Waals surface area contributed by atoms with E-state index >= 15 is 0 Å². The lowest BCUT2D eigenvalue weighted by Gasteiger charge is -2.17. The van der Waals surface area contributed by atoms with E-state index in [4.69, 9.17) is 15.2 Å². The van der Waals surface area contributed by atoms with Crippen molar-refractivity contribution in [3.05, 3.63) is 41.9 Å². The van der Waals surface area contributed by atoms with Gasteiger partial charge >= 0.3 is 0 Å². The van der Waals surface area contributed by atoms with Gasteiger partial charge in [0, 0.05) is 28.6 Å². The molecule has 2 aromatic rings. The van der Waals surface area contributed by atoms with Gasteiger partial charge in [-0.2, -0.15) is 0 Å². The molecule has 0 fully saturated rings. The molecule has 0 aliphatic carbocycles. The number of nitrogens with two attached hydrogens (primary N) is 1. The van der Waals surface area contributed by atoms with Crippen LogP contribution in [0.4, 0.5) is 5.69 Å². The zero-order valence-corrected chi connectivity index (χ0v) is 13.5. The van der Waals surface area contributed by atoms with Crippen molar-refractivity contribution >= 4 is 11.3 Å². The van der Waals surface area contributed by atoms with Crippen LogP contribution in [0.25, 0.3) is 16.7 Å². The lowest BCUT2D eigenvalue weighted by molar-refractivity contribution is 0.161. The minimum absolute atomic E-state index is 0.585. The second kappa shape index (κ2) is 6.79. The molecule has 1 aliphatic heterocycles. The molecule has 2 N–H and O–H groups in total. The quantitative estimate of drug-likeness (QED) is 0.938. The van der Waals surface area contributed by atoms with E-state index in [1.807, 2.05) is 26.1 Å². The van der Waals surface area contributed by atoms with Crippen LogP contribution in [0.1, 0.15) is 24.6 Å². The maximum atomic E-state index is 5.89. The van der Waals surface area contributed by atoms with Crippen LogP contribution in [0.5, 0.6) is 5.88 Å². The highest BCUT2D eigenvalue weighted by Gasteiger charge is 2.15. The standard InChI is InChI=1S/C18H21N3O2/c1-3-23-18-17(13-4-6-22-7-5-13)8-14(10-21-18)16-9-15(19)11-20-12(16)2/h4,8-11H,3,5-7,19H2,1-2H3. The van der Waals surface area contributed by atoms with Crippen molar-refractivity contribution in [2.45, 2.75) is 20.3 Å². The fraction of sp³-hybridized carbons (Fsp3) is 0.333. The summed E-state index contributed by atoms with van der Waals surface area (Å²) in [5.74, 6) is 0.666. The molecule has 2 aromatic heterocycles. The normalized spacial score (nSPS) is 14.4. The molecular formula is C18H21N3O2. The number of hydrogen-bond donors (Lipinski definition) is 1. The highest BCUT2D eigenvalue weighted by molar-refractivity contribution is 5.76. The van der Waals surface area contributed by atoms with E-state index < -0.39 is 0 Å². The van der Waals surface area contributed by atoms with Crippen LogP contribution in [0, 0.1) is 6.92 Å². The molecule has 0 spiro atoms. The number of pyridine rings is 2. The Balaban J connectivity index is 2.09. The fourth-order valence-electron chi connectivity index (χ4n) is 2.69. The Morgan fingerprint density at radius 1 is 1.22 bits per heavy atom. The minimum atomic E-state index is 0.585. The van der Waals surface area contributed by atoms with E-state index in [2.05, 4.69) is 22.1 Å². The lowest BCUT2D eigenvalue weighted by atomic mass is 9.98. The van der Waals surface area contributed by atoms with Crippen molar-refractivity contribution in [3.63, 3.8) is 0 Å². The maximum absolute atomic E-state index is 5.89. The van der Waals surface area contributed by atoms with Gasteiger partial charge in [0.05, 0.1) is 31.7 Å².